The molecule has 0 bridgehead atoms. The lowest BCUT2D eigenvalue weighted by molar-refractivity contribution is 0.448. The normalized spacial score (nSPS) is 18.9. The molecule has 3 heteroatoms. The molecule has 0 spiro atoms. The Labute approximate surface area is 85.1 Å². The van der Waals surface area contributed by atoms with Crippen LogP contribution in [0.5, 0.6) is 0 Å². The molecule has 0 radical (unpaired) electrons. The van der Waals surface area contributed by atoms with Gasteiger partial charge in [0.15, 0.2) is 5.88 Å². The molecule has 1 aliphatic rings. The molecule has 78 valence electrons. The van der Waals surface area contributed by atoms with Crippen molar-refractivity contribution in [2.75, 3.05) is 25.0 Å². The van der Waals surface area contributed by atoms with Gasteiger partial charge in [0.05, 0.1) is 6.04 Å². The maximum atomic E-state index is 5.78. The average Bonchev–Trinajstić information content (AvgIpc) is 2.86. The molecule has 1 atom stereocenters. The van der Waals surface area contributed by atoms with Crippen LogP contribution in [-0.2, 0) is 0 Å². The highest BCUT2D eigenvalue weighted by Gasteiger charge is 2.16. The number of furan rings is 1. The van der Waals surface area contributed by atoms with Gasteiger partial charge in [-0.3, -0.25) is 0 Å². The lowest BCUT2D eigenvalue weighted by Gasteiger charge is -2.13. The highest BCUT2D eigenvalue weighted by molar-refractivity contribution is 5.37. The Hall–Kier alpha value is -0.960. The molecular formula is C11H18N2O. The van der Waals surface area contributed by atoms with E-state index in [9.17, 15) is 0 Å². The fourth-order valence-electron chi connectivity index (χ4n) is 1.82. The van der Waals surface area contributed by atoms with Crippen molar-refractivity contribution in [3.63, 3.8) is 0 Å². The number of rotatable bonds is 3. The molecule has 1 aromatic heterocycles. The summed E-state index contributed by atoms with van der Waals surface area (Å²) in [7, 11) is 1.95. The second kappa shape index (κ2) is 4.05. The maximum absolute atomic E-state index is 5.78. The van der Waals surface area contributed by atoms with Crippen LogP contribution in [0.3, 0.4) is 0 Å². The molecule has 1 N–H and O–H groups in total. The van der Waals surface area contributed by atoms with Gasteiger partial charge in [0, 0.05) is 19.2 Å². The smallest absolute Gasteiger partial charge is 0.195 e. The van der Waals surface area contributed by atoms with E-state index < -0.39 is 0 Å². The molecular weight excluding hydrogens is 176 g/mol. The summed E-state index contributed by atoms with van der Waals surface area (Å²) in [5, 5.41) is 3.17. The quantitative estimate of drug-likeness (QED) is 0.799. The van der Waals surface area contributed by atoms with Gasteiger partial charge in [-0.2, -0.15) is 0 Å². The largest absolute Gasteiger partial charge is 0.444 e. The number of nitrogens with one attached hydrogen (secondary N) is 1. The zero-order valence-electron chi connectivity index (χ0n) is 8.92. The third-order valence-electron chi connectivity index (χ3n) is 2.89. The van der Waals surface area contributed by atoms with Gasteiger partial charge in [-0.05, 0) is 32.9 Å². The third kappa shape index (κ3) is 1.77. The SMILES string of the molecule is CN[C@@H](C)c1ccc(N2CCCC2)o1. The van der Waals surface area contributed by atoms with E-state index in [1.54, 1.807) is 0 Å². The van der Waals surface area contributed by atoms with E-state index in [2.05, 4.69) is 29.3 Å². The summed E-state index contributed by atoms with van der Waals surface area (Å²) in [5.41, 5.74) is 0. The fourth-order valence-corrected chi connectivity index (χ4v) is 1.82. The van der Waals surface area contributed by atoms with Crippen LogP contribution in [0.4, 0.5) is 5.88 Å². The molecule has 1 aromatic rings. The molecule has 0 saturated carbocycles. The average molecular weight is 194 g/mol. The van der Waals surface area contributed by atoms with Crippen molar-refractivity contribution in [3.05, 3.63) is 17.9 Å². The first-order valence-corrected chi connectivity index (χ1v) is 5.33. The minimum atomic E-state index is 0.298. The zero-order chi connectivity index (χ0) is 9.97. The molecule has 14 heavy (non-hydrogen) atoms. The van der Waals surface area contributed by atoms with Gasteiger partial charge >= 0.3 is 0 Å². The predicted molar refractivity (Wildman–Crippen MR) is 57.6 cm³/mol. The minimum absolute atomic E-state index is 0.298. The van der Waals surface area contributed by atoms with Crippen LogP contribution in [0.25, 0.3) is 0 Å². The molecule has 2 rings (SSSR count). The van der Waals surface area contributed by atoms with Gasteiger partial charge in [-0.15, -0.1) is 0 Å². The maximum Gasteiger partial charge on any atom is 0.195 e. The van der Waals surface area contributed by atoms with Crippen LogP contribution < -0.4 is 10.2 Å². The Kier molecular flexibility index (Phi) is 2.77. The van der Waals surface area contributed by atoms with Crippen molar-refractivity contribution in [2.45, 2.75) is 25.8 Å². The molecule has 0 unspecified atom stereocenters. The topological polar surface area (TPSA) is 28.4 Å². The Bertz CT molecular complexity index is 289. The summed E-state index contributed by atoms with van der Waals surface area (Å²) >= 11 is 0. The first-order valence-electron chi connectivity index (χ1n) is 5.33. The van der Waals surface area contributed by atoms with Gasteiger partial charge in [-0.1, -0.05) is 0 Å². The summed E-state index contributed by atoms with van der Waals surface area (Å²) in [6.07, 6.45) is 2.58. The van der Waals surface area contributed by atoms with Gasteiger partial charge in [-0.25, -0.2) is 0 Å². The van der Waals surface area contributed by atoms with E-state index in [4.69, 9.17) is 4.42 Å². The molecule has 3 nitrogen and oxygen atoms in total. The fraction of sp³-hybridized carbons (Fsp3) is 0.636. The minimum Gasteiger partial charge on any atom is -0.444 e. The predicted octanol–water partition coefficient (Wildman–Crippen LogP) is 2.16. The van der Waals surface area contributed by atoms with Crippen LogP contribution in [0.2, 0.25) is 0 Å². The molecule has 1 aliphatic heterocycles. The van der Waals surface area contributed by atoms with Crippen LogP contribution in [0.15, 0.2) is 16.5 Å². The van der Waals surface area contributed by atoms with E-state index >= 15 is 0 Å². The third-order valence-corrected chi connectivity index (χ3v) is 2.89. The van der Waals surface area contributed by atoms with Crippen LogP contribution >= 0.6 is 0 Å². The number of hydrogen-bond acceptors (Lipinski definition) is 3. The van der Waals surface area contributed by atoms with Gasteiger partial charge < -0.3 is 14.6 Å². The number of nitrogens with zero attached hydrogens (tertiary/aromatic N) is 1. The second-order valence-electron chi connectivity index (χ2n) is 3.88. The highest BCUT2D eigenvalue weighted by Crippen LogP contribution is 2.25. The monoisotopic (exact) mass is 194 g/mol. The summed E-state index contributed by atoms with van der Waals surface area (Å²) in [4.78, 5) is 2.31. The van der Waals surface area contributed by atoms with E-state index in [0.717, 1.165) is 24.7 Å². The summed E-state index contributed by atoms with van der Waals surface area (Å²) < 4.78 is 5.78. The van der Waals surface area contributed by atoms with Crippen molar-refractivity contribution in [3.8, 4) is 0 Å². The van der Waals surface area contributed by atoms with Crippen molar-refractivity contribution in [1.82, 2.24) is 5.32 Å². The molecule has 1 fully saturated rings. The van der Waals surface area contributed by atoms with Gasteiger partial charge in [0.2, 0.25) is 0 Å². The second-order valence-corrected chi connectivity index (χ2v) is 3.88. The van der Waals surface area contributed by atoms with Crippen molar-refractivity contribution in [2.24, 2.45) is 0 Å². The van der Waals surface area contributed by atoms with E-state index in [1.165, 1.54) is 12.8 Å². The molecule has 0 aromatic carbocycles. The van der Waals surface area contributed by atoms with Crippen molar-refractivity contribution < 1.29 is 4.42 Å². The standard InChI is InChI=1S/C11H18N2O/c1-9(12-2)10-5-6-11(14-10)13-7-3-4-8-13/h5-6,9,12H,3-4,7-8H2,1-2H3/t9-/m0/s1. The molecule has 1 saturated heterocycles. The Morgan fingerprint density at radius 1 is 1.36 bits per heavy atom. The highest BCUT2D eigenvalue weighted by atomic mass is 16.4. The summed E-state index contributed by atoms with van der Waals surface area (Å²) in [6.45, 7) is 4.38. The van der Waals surface area contributed by atoms with Gasteiger partial charge in [0.1, 0.15) is 5.76 Å². The van der Waals surface area contributed by atoms with E-state index in [-0.39, 0.29) is 0 Å². The van der Waals surface area contributed by atoms with Crippen LogP contribution in [-0.4, -0.2) is 20.1 Å². The molecule has 2 heterocycles. The number of hydrogen-bond donors (Lipinski definition) is 1. The van der Waals surface area contributed by atoms with E-state index in [1.807, 2.05) is 7.05 Å². The van der Waals surface area contributed by atoms with Crippen LogP contribution in [0.1, 0.15) is 31.6 Å². The Morgan fingerprint density at radius 2 is 2.07 bits per heavy atom. The Balaban J connectivity index is 2.08. The lowest BCUT2D eigenvalue weighted by Crippen LogP contribution is -2.16. The number of anilines is 1. The van der Waals surface area contributed by atoms with Gasteiger partial charge in [0.25, 0.3) is 0 Å². The molecule has 0 amide bonds. The first-order chi connectivity index (χ1) is 6.81. The first kappa shape index (κ1) is 9.59. The molecule has 0 aliphatic carbocycles. The zero-order valence-corrected chi connectivity index (χ0v) is 8.92. The summed E-state index contributed by atoms with van der Waals surface area (Å²) in [6, 6.07) is 4.44. The summed E-state index contributed by atoms with van der Waals surface area (Å²) in [5.74, 6) is 2.05. The van der Waals surface area contributed by atoms with Crippen molar-refractivity contribution in [1.29, 1.82) is 0 Å². The van der Waals surface area contributed by atoms with E-state index in [0.29, 0.717) is 6.04 Å². The van der Waals surface area contributed by atoms with Crippen LogP contribution in [0, 0.1) is 0 Å². The van der Waals surface area contributed by atoms with Crippen molar-refractivity contribution >= 4 is 5.88 Å². The Morgan fingerprint density at radius 3 is 2.71 bits per heavy atom. The lowest BCUT2D eigenvalue weighted by atomic mass is 10.3.